The van der Waals surface area contributed by atoms with E-state index < -0.39 is 17.7 Å². The van der Waals surface area contributed by atoms with Crippen molar-refractivity contribution in [2.45, 2.75) is 12.8 Å². The lowest BCUT2D eigenvalue weighted by atomic mass is 9.98. The number of para-hydroxylation sites is 1. The molecular formula is C14H17FN2O3. The highest BCUT2D eigenvalue weighted by Crippen LogP contribution is 2.17. The number of likely N-dealkylation sites (tertiary alicyclic amines) is 1. The van der Waals surface area contributed by atoms with Gasteiger partial charge in [-0.2, -0.15) is 0 Å². The van der Waals surface area contributed by atoms with Crippen LogP contribution in [0.15, 0.2) is 24.3 Å². The Labute approximate surface area is 116 Å². The molecule has 0 aromatic heterocycles. The third-order valence-corrected chi connectivity index (χ3v) is 3.37. The molecule has 6 heteroatoms. The predicted molar refractivity (Wildman–Crippen MR) is 71.8 cm³/mol. The van der Waals surface area contributed by atoms with Gasteiger partial charge in [0.2, 0.25) is 5.91 Å². The summed E-state index contributed by atoms with van der Waals surface area (Å²) in [6, 6.07) is 5.95. The Morgan fingerprint density at radius 3 is 2.85 bits per heavy atom. The van der Waals surface area contributed by atoms with E-state index in [1.54, 1.807) is 17.0 Å². The van der Waals surface area contributed by atoms with E-state index in [0.717, 1.165) is 6.42 Å². The van der Waals surface area contributed by atoms with Gasteiger partial charge in [-0.05, 0) is 31.5 Å². The van der Waals surface area contributed by atoms with Crippen molar-refractivity contribution in [3.05, 3.63) is 30.1 Å². The first kappa shape index (κ1) is 14.5. The topological polar surface area (TPSA) is 69.6 Å². The van der Waals surface area contributed by atoms with Gasteiger partial charge in [-0.25, -0.2) is 4.39 Å². The molecule has 2 rings (SSSR count). The molecule has 1 fully saturated rings. The number of carboxylic acids is 1. The number of amides is 1. The Morgan fingerprint density at radius 1 is 1.40 bits per heavy atom. The van der Waals surface area contributed by atoms with Gasteiger partial charge >= 0.3 is 5.97 Å². The Balaban J connectivity index is 1.88. The SMILES string of the molecule is O=C(CN1CCCC(C(=O)O)C1)Nc1ccccc1F. The average molecular weight is 280 g/mol. The Morgan fingerprint density at radius 2 is 2.15 bits per heavy atom. The molecule has 1 aliphatic heterocycles. The minimum Gasteiger partial charge on any atom is -0.481 e. The van der Waals surface area contributed by atoms with Crippen molar-refractivity contribution in [1.29, 1.82) is 0 Å². The van der Waals surface area contributed by atoms with Crippen molar-refractivity contribution >= 4 is 17.6 Å². The first-order valence-electron chi connectivity index (χ1n) is 6.56. The van der Waals surface area contributed by atoms with Crippen LogP contribution in [-0.2, 0) is 9.59 Å². The highest BCUT2D eigenvalue weighted by Gasteiger charge is 2.26. The molecule has 5 nitrogen and oxygen atoms in total. The van der Waals surface area contributed by atoms with E-state index in [0.29, 0.717) is 19.5 Å². The van der Waals surface area contributed by atoms with Crippen LogP contribution in [0.1, 0.15) is 12.8 Å². The number of halogens is 1. The summed E-state index contributed by atoms with van der Waals surface area (Å²) in [7, 11) is 0. The lowest BCUT2D eigenvalue weighted by Gasteiger charge is -2.29. The highest BCUT2D eigenvalue weighted by molar-refractivity contribution is 5.92. The van der Waals surface area contributed by atoms with Crippen LogP contribution in [0.4, 0.5) is 10.1 Å². The number of carbonyl (C=O) groups is 2. The number of nitrogens with zero attached hydrogens (tertiary/aromatic N) is 1. The second-order valence-corrected chi connectivity index (χ2v) is 4.94. The number of carboxylic acid groups (broad SMARTS) is 1. The second-order valence-electron chi connectivity index (χ2n) is 4.94. The quantitative estimate of drug-likeness (QED) is 0.878. The molecule has 1 saturated heterocycles. The zero-order valence-electron chi connectivity index (χ0n) is 11.0. The molecule has 20 heavy (non-hydrogen) atoms. The number of carbonyl (C=O) groups excluding carboxylic acids is 1. The molecule has 0 radical (unpaired) electrons. The molecule has 1 aromatic carbocycles. The number of benzene rings is 1. The van der Waals surface area contributed by atoms with Crippen LogP contribution >= 0.6 is 0 Å². The van der Waals surface area contributed by atoms with Crippen LogP contribution in [0.3, 0.4) is 0 Å². The highest BCUT2D eigenvalue weighted by atomic mass is 19.1. The summed E-state index contributed by atoms with van der Waals surface area (Å²) in [6.07, 6.45) is 1.39. The number of hydrogen-bond acceptors (Lipinski definition) is 3. The standard InChI is InChI=1S/C14H17FN2O3/c15-11-5-1-2-6-12(11)16-13(18)9-17-7-3-4-10(8-17)14(19)20/h1-2,5-6,10H,3-4,7-9H2,(H,16,18)(H,19,20). The summed E-state index contributed by atoms with van der Waals surface area (Å²) < 4.78 is 13.4. The summed E-state index contributed by atoms with van der Waals surface area (Å²) in [5.74, 6) is -2.07. The number of rotatable bonds is 4. The maximum Gasteiger partial charge on any atom is 0.307 e. The van der Waals surface area contributed by atoms with Crippen LogP contribution in [0.2, 0.25) is 0 Å². The first-order valence-corrected chi connectivity index (χ1v) is 6.56. The van der Waals surface area contributed by atoms with Gasteiger partial charge in [-0.3, -0.25) is 14.5 Å². The molecule has 1 heterocycles. The molecule has 0 aliphatic carbocycles. The molecule has 1 unspecified atom stereocenters. The van der Waals surface area contributed by atoms with E-state index >= 15 is 0 Å². The fraction of sp³-hybridized carbons (Fsp3) is 0.429. The third kappa shape index (κ3) is 3.77. The third-order valence-electron chi connectivity index (χ3n) is 3.37. The molecule has 108 valence electrons. The van der Waals surface area contributed by atoms with E-state index in [1.165, 1.54) is 12.1 Å². The van der Waals surface area contributed by atoms with Gasteiger partial charge in [0.05, 0.1) is 18.2 Å². The zero-order valence-corrected chi connectivity index (χ0v) is 11.0. The van der Waals surface area contributed by atoms with Crippen molar-refractivity contribution in [1.82, 2.24) is 4.90 Å². The maximum absolute atomic E-state index is 13.4. The van der Waals surface area contributed by atoms with Crippen molar-refractivity contribution in [2.24, 2.45) is 5.92 Å². The fourth-order valence-electron chi connectivity index (χ4n) is 2.36. The van der Waals surface area contributed by atoms with E-state index in [2.05, 4.69) is 5.32 Å². The monoisotopic (exact) mass is 280 g/mol. The van der Waals surface area contributed by atoms with Gasteiger partial charge in [0.25, 0.3) is 0 Å². The van der Waals surface area contributed by atoms with Gasteiger partial charge in [-0.15, -0.1) is 0 Å². The van der Waals surface area contributed by atoms with Crippen molar-refractivity contribution in [3.8, 4) is 0 Å². The summed E-state index contributed by atoms with van der Waals surface area (Å²) in [4.78, 5) is 24.6. The van der Waals surface area contributed by atoms with Crippen molar-refractivity contribution in [2.75, 3.05) is 25.0 Å². The summed E-state index contributed by atoms with van der Waals surface area (Å²) >= 11 is 0. The predicted octanol–water partition coefficient (Wildman–Crippen LogP) is 1.56. The largest absolute Gasteiger partial charge is 0.481 e. The fourth-order valence-corrected chi connectivity index (χ4v) is 2.36. The van der Waals surface area contributed by atoms with Gasteiger partial charge in [0.15, 0.2) is 0 Å². The first-order chi connectivity index (χ1) is 9.56. The molecule has 1 amide bonds. The lowest BCUT2D eigenvalue weighted by Crippen LogP contribution is -2.42. The van der Waals surface area contributed by atoms with E-state index in [4.69, 9.17) is 5.11 Å². The minimum absolute atomic E-state index is 0.0815. The summed E-state index contributed by atoms with van der Waals surface area (Å²) in [5.41, 5.74) is 0.143. The van der Waals surface area contributed by atoms with Crippen LogP contribution in [0.25, 0.3) is 0 Å². The second kappa shape index (κ2) is 6.47. The Bertz CT molecular complexity index is 507. The van der Waals surface area contributed by atoms with Gasteiger partial charge in [-0.1, -0.05) is 12.1 Å². The molecule has 0 saturated carbocycles. The average Bonchev–Trinajstić information content (AvgIpc) is 2.41. The summed E-state index contributed by atoms with van der Waals surface area (Å²) in [6.45, 7) is 1.13. The van der Waals surface area contributed by atoms with Crippen molar-refractivity contribution < 1.29 is 19.1 Å². The molecular weight excluding hydrogens is 263 g/mol. The van der Waals surface area contributed by atoms with Gasteiger partial charge in [0, 0.05) is 6.54 Å². The number of anilines is 1. The smallest absolute Gasteiger partial charge is 0.307 e. The van der Waals surface area contributed by atoms with E-state index in [9.17, 15) is 14.0 Å². The van der Waals surface area contributed by atoms with Crippen molar-refractivity contribution in [3.63, 3.8) is 0 Å². The summed E-state index contributed by atoms with van der Waals surface area (Å²) in [5, 5.41) is 11.5. The molecule has 0 bridgehead atoms. The van der Waals surface area contributed by atoms with Crippen LogP contribution in [0, 0.1) is 11.7 Å². The molecule has 1 aromatic rings. The number of aliphatic carboxylic acids is 1. The van der Waals surface area contributed by atoms with Crippen LogP contribution in [0.5, 0.6) is 0 Å². The number of piperidine rings is 1. The van der Waals surface area contributed by atoms with Gasteiger partial charge in [0.1, 0.15) is 5.82 Å². The van der Waals surface area contributed by atoms with Crippen LogP contribution < -0.4 is 5.32 Å². The van der Waals surface area contributed by atoms with E-state index in [-0.39, 0.29) is 18.1 Å². The van der Waals surface area contributed by atoms with Crippen LogP contribution in [-0.4, -0.2) is 41.5 Å². The number of hydrogen-bond donors (Lipinski definition) is 2. The lowest BCUT2D eigenvalue weighted by molar-refractivity contribution is -0.144. The normalized spacial score (nSPS) is 19.6. The molecule has 1 aliphatic rings. The van der Waals surface area contributed by atoms with E-state index in [1.807, 2.05) is 0 Å². The Hall–Kier alpha value is -1.95. The Kier molecular flexibility index (Phi) is 4.68. The molecule has 1 atom stereocenters. The minimum atomic E-state index is -0.829. The molecule has 2 N–H and O–H groups in total. The van der Waals surface area contributed by atoms with Gasteiger partial charge < -0.3 is 10.4 Å². The zero-order chi connectivity index (χ0) is 14.5. The maximum atomic E-state index is 13.4. The number of nitrogens with one attached hydrogen (secondary N) is 1. The molecule has 0 spiro atoms.